The van der Waals surface area contributed by atoms with Gasteiger partial charge in [0.25, 0.3) is 0 Å². The van der Waals surface area contributed by atoms with Crippen molar-refractivity contribution >= 4 is 21.4 Å². The molecule has 0 saturated heterocycles. The molecule has 2 rings (SSSR count). The predicted octanol–water partition coefficient (Wildman–Crippen LogP) is -0.933. The number of benzene rings is 1. The van der Waals surface area contributed by atoms with Crippen molar-refractivity contribution in [1.29, 1.82) is 0 Å². The van der Waals surface area contributed by atoms with Crippen molar-refractivity contribution in [2.75, 3.05) is 0 Å². The van der Waals surface area contributed by atoms with E-state index in [2.05, 4.69) is 18.2 Å². The molecule has 1 nitrogen and oxygen atoms in total. The molecule has 1 heterocycles. The van der Waals surface area contributed by atoms with Crippen molar-refractivity contribution in [3.63, 3.8) is 0 Å². The summed E-state index contributed by atoms with van der Waals surface area (Å²) in [5, 5.41) is 1.25. The summed E-state index contributed by atoms with van der Waals surface area (Å²) < 4.78 is 11.4. The third-order valence-corrected chi connectivity index (χ3v) is 4.29. The fourth-order valence-corrected chi connectivity index (χ4v) is 3.29. The van der Waals surface area contributed by atoms with E-state index in [0.29, 0.717) is 0 Å². The number of halogens is 1. The second kappa shape index (κ2) is 3.08. The van der Waals surface area contributed by atoms with Gasteiger partial charge in [0.05, 0.1) is 0 Å². The summed E-state index contributed by atoms with van der Waals surface area (Å²) in [6.45, 7) is 0. The molecular weight excluding hydrogens is 271 g/mol. The van der Waals surface area contributed by atoms with Crippen LogP contribution in [0.25, 0.3) is 10.1 Å². The number of hydrogen-bond donors (Lipinski definition) is 1. The average Bonchev–Trinajstić information content (AvgIpc) is 2.46. The van der Waals surface area contributed by atoms with E-state index in [9.17, 15) is 0 Å². The van der Waals surface area contributed by atoms with Gasteiger partial charge in [-0.1, -0.05) is 0 Å². The van der Waals surface area contributed by atoms with E-state index in [1.54, 1.807) is 11.3 Å². The first-order valence-corrected chi connectivity index (χ1v) is 6.03. The quantitative estimate of drug-likeness (QED) is 0.668. The molecule has 1 N–H and O–H groups in total. The fourth-order valence-electron chi connectivity index (χ4n) is 0.991. The van der Waals surface area contributed by atoms with Crippen molar-refractivity contribution < 1.29 is 25.1 Å². The summed E-state index contributed by atoms with van der Waals surface area (Å²) >= 11 is 0.976. The number of fused-ring (bicyclic) bond motifs is 1. The van der Waals surface area contributed by atoms with E-state index < -0.39 is 21.6 Å². The van der Waals surface area contributed by atoms with Crippen LogP contribution in [-0.2, 0) is 0 Å². The second-order valence-corrected chi connectivity index (χ2v) is 5.63. The predicted molar refractivity (Wildman–Crippen MR) is 42.7 cm³/mol. The molecule has 58 valence electrons. The summed E-state index contributed by atoms with van der Waals surface area (Å²) in [6, 6.07) is 10.3. The molecule has 0 aliphatic carbocycles. The molecule has 1 aromatic carbocycles. The number of thiophene rings is 1. The van der Waals surface area contributed by atoms with Gasteiger partial charge in [-0.15, -0.1) is 0 Å². The van der Waals surface area contributed by atoms with Gasteiger partial charge in [-0.2, -0.15) is 0 Å². The molecule has 0 atom stereocenters. The van der Waals surface area contributed by atoms with Crippen LogP contribution in [0.15, 0.2) is 30.3 Å². The van der Waals surface area contributed by atoms with Gasteiger partial charge in [0, 0.05) is 0 Å². The van der Waals surface area contributed by atoms with Gasteiger partial charge >= 0.3 is 79.7 Å². The Balaban J connectivity index is 2.69. The van der Waals surface area contributed by atoms with E-state index >= 15 is 0 Å². The molecule has 0 aliphatic rings. The van der Waals surface area contributed by atoms with Crippen LogP contribution in [-0.4, -0.2) is 3.44 Å². The van der Waals surface area contributed by atoms with Crippen LogP contribution < -0.4 is 21.6 Å². The first-order valence-electron chi connectivity index (χ1n) is 3.17. The van der Waals surface area contributed by atoms with E-state index in [0.717, 1.165) is 2.88 Å². The molecule has 11 heavy (non-hydrogen) atoms. The molecule has 1 aromatic heterocycles. The minimum atomic E-state index is -0.720. The summed E-state index contributed by atoms with van der Waals surface area (Å²) in [6.07, 6.45) is 0. The maximum absolute atomic E-state index is 8.96. The van der Waals surface area contributed by atoms with Crippen LogP contribution in [0.1, 0.15) is 0 Å². The van der Waals surface area contributed by atoms with Gasteiger partial charge in [-0.3, -0.25) is 0 Å². The van der Waals surface area contributed by atoms with Crippen molar-refractivity contribution in [3.05, 3.63) is 33.2 Å². The fraction of sp³-hybridized carbons (Fsp3) is 0. The molecule has 2 aromatic rings. The van der Waals surface area contributed by atoms with Crippen molar-refractivity contribution in [2.24, 2.45) is 0 Å². The Morgan fingerprint density at radius 1 is 1.27 bits per heavy atom. The molecule has 0 spiro atoms. The normalized spacial score (nSPS) is 11.0. The van der Waals surface area contributed by atoms with Crippen molar-refractivity contribution in [2.45, 2.75) is 0 Å². The Morgan fingerprint density at radius 2 is 2.09 bits per heavy atom. The van der Waals surface area contributed by atoms with Gasteiger partial charge < -0.3 is 0 Å². The zero-order chi connectivity index (χ0) is 7.68. The van der Waals surface area contributed by atoms with Gasteiger partial charge in [0.1, 0.15) is 0 Å². The number of rotatable bonds is 1. The molecule has 3 heteroatoms. The molecule has 0 saturated carbocycles. The van der Waals surface area contributed by atoms with E-state index in [-0.39, 0.29) is 0 Å². The number of hydrogen-bond acceptors (Lipinski definition) is 2. The van der Waals surface area contributed by atoms with Crippen LogP contribution in [0.2, 0.25) is 0 Å². The first-order chi connectivity index (χ1) is 5.40. The Labute approximate surface area is 79.5 Å². The molecule has 0 radical (unpaired) electrons. The van der Waals surface area contributed by atoms with Crippen LogP contribution in [0, 0.1) is 2.88 Å². The maximum atomic E-state index is 8.96. The van der Waals surface area contributed by atoms with Gasteiger partial charge in [-0.25, -0.2) is 0 Å². The minimum absolute atomic E-state index is 0.720. The monoisotopic (exact) mass is 277 g/mol. The molecule has 0 fully saturated rings. The summed E-state index contributed by atoms with van der Waals surface area (Å²) in [4.78, 5) is 0. The van der Waals surface area contributed by atoms with Crippen LogP contribution in [0.4, 0.5) is 0 Å². The second-order valence-electron chi connectivity index (χ2n) is 2.17. The van der Waals surface area contributed by atoms with Crippen molar-refractivity contribution in [3.8, 4) is 0 Å². The molecule has 0 bridgehead atoms. The third-order valence-electron chi connectivity index (χ3n) is 1.48. The summed E-state index contributed by atoms with van der Waals surface area (Å²) in [5.41, 5.74) is 0. The van der Waals surface area contributed by atoms with Gasteiger partial charge in [0.2, 0.25) is 0 Å². The standard InChI is InChI=1S/C8H6IOS/c10-9-8-5-6-3-1-2-4-7(6)11-8/h1-5,10H/q-1. The van der Waals surface area contributed by atoms with Crippen LogP contribution >= 0.6 is 11.3 Å². The van der Waals surface area contributed by atoms with Gasteiger partial charge in [-0.05, 0) is 0 Å². The SMILES string of the molecule is O[I-]c1cc2ccccc2s1. The van der Waals surface area contributed by atoms with Gasteiger partial charge in [0.15, 0.2) is 0 Å². The van der Waals surface area contributed by atoms with E-state index in [1.807, 2.05) is 12.1 Å². The molecule has 0 unspecified atom stereocenters. The van der Waals surface area contributed by atoms with Crippen LogP contribution in [0.3, 0.4) is 0 Å². The average molecular weight is 277 g/mol. The van der Waals surface area contributed by atoms with Crippen molar-refractivity contribution in [1.82, 2.24) is 0 Å². The Hall–Kier alpha value is -0.130. The van der Waals surface area contributed by atoms with Crippen LogP contribution in [0.5, 0.6) is 0 Å². The Morgan fingerprint density at radius 3 is 2.82 bits per heavy atom. The summed E-state index contributed by atoms with van der Waals surface area (Å²) in [5.74, 6) is 0. The Bertz CT molecular complexity index is 336. The first kappa shape index (κ1) is 7.52. The third kappa shape index (κ3) is 1.40. The zero-order valence-electron chi connectivity index (χ0n) is 5.62. The molecule has 0 amide bonds. The zero-order valence-corrected chi connectivity index (χ0v) is 8.59. The van der Waals surface area contributed by atoms with E-state index in [1.165, 1.54) is 10.1 Å². The van der Waals surface area contributed by atoms with E-state index in [4.69, 9.17) is 3.44 Å². The summed E-state index contributed by atoms with van der Waals surface area (Å²) in [7, 11) is 0. The Kier molecular flexibility index (Phi) is 2.11. The topological polar surface area (TPSA) is 20.2 Å². The molecule has 0 aliphatic heterocycles. The molecular formula is C8H6IOS-.